The van der Waals surface area contributed by atoms with Crippen molar-refractivity contribution in [3.8, 4) is 28.7 Å². The molecule has 0 unspecified atom stereocenters. The summed E-state index contributed by atoms with van der Waals surface area (Å²) in [6.07, 6.45) is 5.55. The van der Waals surface area contributed by atoms with Gasteiger partial charge in [0.15, 0.2) is 0 Å². The number of hydrogen-bond donors (Lipinski definition) is 0. The van der Waals surface area contributed by atoms with Gasteiger partial charge in [0.05, 0.1) is 16.7 Å². The Kier molecular flexibility index (Phi) is 9.45. The minimum Gasteiger partial charge on any atom is -0.510 e. The summed E-state index contributed by atoms with van der Waals surface area (Å²) < 4.78 is 13.1. The molecule has 6 heteroatoms. The van der Waals surface area contributed by atoms with Gasteiger partial charge in [0.1, 0.15) is 5.82 Å². The van der Waals surface area contributed by atoms with Crippen LogP contribution in [0.5, 0.6) is 11.5 Å². The number of para-hydroxylation sites is 3. The molecule has 0 saturated heterocycles. The summed E-state index contributed by atoms with van der Waals surface area (Å²) in [6, 6.07) is 45.6. The van der Waals surface area contributed by atoms with E-state index in [4.69, 9.17) is 9.72 Å². The van der Waals surface area contributed by atoms with Crippen molar-refractivity contribution < 1.29 is 30.4 Å². The average Bonchev–Trinajstić information content (AvgIpc) is 3.67. The van der Waals surface area contributed by atoms with Crippen molar-refractivity contribution in [2.45, 2.75) is 72.1 Å². The molecule has 0 aliphatic heterocycles. The normalized spacial score (nSPS) is 12.2. The van der Waals surface area contributed by atoms with E-state index in [1.54, 1.807) is 0 Å². The van der Waals surface area contributed by atoms with Crippen LogP contribution in [0, 0.1) is 18.5 Å². The first-order valence-corrected chi connectivity index (χ1v) is 18.1. The number of benzene rings is 5. The number of nitrogens with zero attached hydrogens (tertiary/aromatic N) is 4. The fraction of sp³-hybridized carbons (Fsp3) is 0.234. The molecule has 0 aliphatic rings. The molecule has 8 rings (SSSR count). The summed E-state index contributed by atoms with van der Waals surface area (Å²) in [5.41, 5.74) is 9.52. The maximum atomic E-state index is 6.71. The molecule has 5 nitrogen and oxygen atoms in total. The van der Waals surface area contributed by atoms with Crippen molar-refractivity contribution in [2.75, 3.05) is 0 Å². The molecule has 3 aromatic heterocycles. The summed E-state index contributed by atoms with van der Waals surface area (Å²) >= 11 is 0. The average molecular weight is 876 g/mol. The maximum Gasteiger partial charge on any atom is 0.268 e. The van der Waals surface area contributed by atoms with Crippen molar-refractivity contribution in [2.24, 2.45) is 0 Å². The molecule has 0 amide bonds. The second kappa shape index (κ2) is 13.8. The zero-order valence-corrected chi connectivity index (χ0v) is 33.8. The van der Waals surface area contributed by atoms with Crippen molar-refractivity contribution in [3.05, 3.63) is 151 Å². The molecule has 0 spiro atoms. The largest absolute Gasteiger partial charge is 0.510 e. The molecule has 0 radical (unpaired) electrons. The second-order valence-corrected chi connectivity index (χ2v) is 16.1. The molecule has 0 saturated carbocycles. The minimum absolute atomic E-state index is 0. The van der Waals surface area contributed by atoms with E-state index >= 15 is 0 Å². The number of rotatable bonds is 6. The Morgan fingerprint density at radius 3 is 2.09 bits per heavy atom. The zero-order valence-electron chi connectivity index (χ0n) is 31.6. The predicted molar refractivity (Wildman–Crippen MR) is 211 cm³/mol. The molecule has 0 N–H and O–H groups in total. The zero-order chi connectivity index (χ0) is 36.4. The Balaban J connectivity index is 0.00000435. The van der Waals surface area contributed by atoms with Gasteiger partial charge in [-0.1, -0.05) is 116 Å². The summed E-state index contributed by atoms with van der Waals surface area (Å²) in [5.74, 6) is 2.55. The maximum absolute atomic E-state index is 6.71. The Bertz CT molecular complexity index is 2600. The van der Waals surface area contributed by atoms with Crippen molar-refractivity contribution in [1.29, 1.82) is 0 Å². The van der Waals surface area contributed by atoms with Crippen LogP contribution in [0.25, 0.3) is 50.0 Å². The molecule has 0 fully saturated rings. The van der Waals surface area contributed by atoms with Crippen LogP contribution in [0.2, 0.25) is 0 Å². The molecular weight excluding hydrogens is 832 g/mol. The smallest absolute Gasteiger partial charge is 0.268 e. The van der Waals surface area contributed by atoms with Gasteiger partial charge in [0.25, 0.3) is 6.33 Å². The van der Waals surface area contributed by atoms with Gasteiger partial charge in [0.2, 0.25) is 0 Å². The molecule has 53 heavy (non-hydrogen) atoms. The van der Waals surface area contributed by atoms with Gasteiger partial charge in [-0.25, -0.2) is 4.98 Å². The van der Waals surface area contributed by atoms with E-state index < -0.39 is 0 Å². The molecule has 8 aromatic rings. The van der Waals surface area contributed by atoms with E-state index in [-0.39, 0.29) is 31.9 Å². The monoisotopic (exact) mass is 875 g/mol. The first-order chi connectivity index (χ1) is 24.8. The van der Waals surface area contributed by atoms with E-state index in [2.05, 4.69) is 191 Å². The fourth-order valence-corrected chi connectivity index (χ4v) is 6.87. The number of fused-ring (bicyclic) bond motifs is 4. The first kappa shape index (κ1) is 36.4. The summed E-state index contributed by atoms with van der Waals surface area (Å²) in [4.78, 5) is 4.84. The van der Waals surface area contributed by atoms with Gasteiger partial charge in [-0.15, -0.1) is 29.7 Å². The van der Waals surface area contributed by atoms with Crippen LogP contribution in [0.3, 0.4) is 0 Å². The van der Waals surface area contributed by atoms with Gasteiger partial charge in [-0.3, -0.25) is 4.57 Å². The van der Waals surface area contributed by atoms with Gasteiger partial charge < -0.3 is 13.9 Å². The molecule has 270 valence electrons. The SMILES string of the molecule is CC(C)c1ccc(-[n+]2[c-]n(-c3[c-]c(Oc4[c-]c5c(cc4)c4ccccc4n5-c4cc(C(C)(C)C)ccn4)cc(C(C)(C)C)c3)c3ccccc32)cc1.[Pt]. The Morgan fingerprint density at radius 1 is 0.679 bits per heavy atom. The van der Waals surface area contributed by atoms with Crippen LogP contribution in [-0.2, 0) is 31.9 Å². The van der Waals surface area contributed by atoms with Gasteiger partial charge in [-0.2, -0.15) is 17.7 Å². The van der Waals surface area contributed by atoms with Crippen molar-refractivity contribution >= 4 is 32.8 Å². The number of ether oxygens (including phenoxy) is 1. The number of pyridine rings is 1. The third-order valence-corrected chi connectivity index (χ3v) is 9.94. The van der Waals surface area contributed by atoms with E-state index in [9.17, 15) is 0 Å². The van der Waals surface area contributed by atoms with Crippen molar-refractivity contribution in [3.63, 3.8) is 0 Å². The summed E-state index contributed by atoms with van der Waals surface area (Å²) in [6.45, 7) is 17.8. The molecule has 3 heterocycles. The standard InChI is InChI=1S/C47H44N4O.Pt/c1-31(2)32-17-19-35(20-18-32)49-30-50(43-16-12-11-15-42(43)49)36-25-34(47(6,7)8)26-38(28-36)52-37-21-22-40-39-13-9-10-14-41(39)51(44(40)29-37)45-27-33(23-24-48-45)46(3,4)5;/h9-27,31H,1-8H3;/q-2;. The van der Waals surface area contributed by atoms with E-state index in [0.717, 1.165) is 55.6 Å². The van der Waals surface area contributed by atoms with Gasteiger partial charge in [-0.05, 0) is 69.3 Å². The number of imidazole rings is 1. The summed E-state index contributed by atoms with van der Waals surface area (Å²) in [7, 11) is 0. The van der Waals surface area contributed by atoms with Crippen LogP contribution in [0.15, 0.2) is 115 Å². The molecule has 0 atom stereocenters. The van der Waals surface area contributed by atoms with E-state index in [1.165, 1.54) is 11.1 Å². The van der Waals surface area contributed by atoms with Crippen LogP contribution in [0.4, 0.5) is 0 Å². The Hall–Kier alpha value is -4.99. The third kappa shape index (κ3) is 6.84. The van der Waals surface area contributed by atoms with Crippen LogP contribution in [-0.4, -0.2) is 14.1 Å². The number of aromatic nitrogens is 4. The first-order valence-electron chi connectivity index (χ1n) is 18.1. The fourth-order valence-electron chi connectivity index (χ4n) is 6.87. The molecular formula is C47H44N4OPt-2. The Morgan fingerprint density at radius 2 is 1.38 bits per heavy atom. The number of hydrogen-bond acceptors (Lipinski definition) is 2. The topological polar surface area (TPSA) is 35.9 Å². The van der Waals surface area contributed by atoms with Crippen molar-refractivity contribution in [1.82, 2.24) is 14.1 Å². The quantitative estimate of drug-likeness (QED) is 0.123. The third-order valence-electron chi connectivity index (χ3n) is 9.94. The molecule has 0 bridgehead atoms. The second-order valence-electron chi connectivity index (χ2n) is 16.1. The van der Waals surface area contributed by atoms with Crippen LogP contribution >= 0.6 is 0 Å². The van der Waals surface area contributed by atoms with Gasteiger partial charge >= 0.3 is 0 Å². The molecule has 0 aliphatic carbocycles. The van der Waals surface area contributed by atoms with Crippen LogP contribution < -0.4 is 9.30 Å². The van der Waals surface area contributed by atoms with E-state index in [0.29, 0.717) is 17.4 Å². The molecule has 5 aromatic carbocycles. The predicted octanol–water partition coefficient (Wildman–Crippen LogP) is 11.3. The summed E-state index contributed by atoms with van der Waals surface area (Å²) in [5, 5.41) is 2.24. The van der Waals surface area contributed by atoms with Crippen LogP contribution in [0.1, 0.15) is 78.0 Å². The Labute approximate surface area is 327 Å². The van der Waals surface area contributed by atoms with E-state index in [1.807, 2.05) is 12.3 Å². The minimum atomic E-state index is -0.141. The van der Waals surface area contributed by atoms with Gasteiger partial charge in [0, 0.05) is 44.3 Å².